The number of aliphatic hydroxyl groups is 4. The van der Waals surface area contributed by atoms with Crippen molar-refractivity contribution in [2.75, 3.05) is 6.61 Å². The molecule has 0 spiro atoms. The molecule has 5 N–H and O–H groups in total. The summed E-state index contributed by atoms with van der Waals surface area (Å²) in [4.78, 5) is 10.7. The highest BCUT2D eigenvalue weighted by atomic mass is 16.6. The molecule has 0 aromatic carbocycles. The van der Waals surface area contributed by atoms with Gasteiger partial charge in [-0.25, -0.2) is 0 Å². The normalized spacial score (nSPS) is 41.3. The Morgan fingerprint density at radius 1 is 1.33 bits per heavy atom. The van der Waals surface area contributed by atoms with E-state index in [0.29, 0.717) is 0 Å². The van der Waals surface area contributed by atoms with Crippen LogP contribution in [0.4, 0.5) is 0 Å². The van der Waals surface area contributed by atoms with Gasteiger partial charge in [0.05, 0.1) is 6.61 Å². The van der Waals surface area contributed by atoms with Crippen LogP contribution < -0.4 is 5.32 Å². The predicted molar refractivity (Wildman–Crippen MR) is 47.6 cm³/mol. The minimum absolute atomic E-state index is 0.462. The van der Waals surface area contributed by atoms with Gasteiger partial charge in [-0.1, -0.05) is 0 Å². The van der Waals surface area contributed by atoms with Gasteiger partial charge in [0.2, 0.25) is 5.91 Å². The molecule has 0 aromatic heterocycles. The third kappa shape index (κ3) is 2.64. The number of hydrogen-bond donors (Lipinski definition) is 5. The number of amides is 1. The molecule has 1 heterocycles. The lowest BCUT2D eigenvalue weighted by Gasteiger charge is -2.40. The van der Waals surface area contributed by atoms with Crippen LogP contribution >= 0.6 is 0 Å². The molecule has 1 aliphatic rings. The first-order valence-electron chi connectivity index (χ1n) is 4.55. The smallest absolute Gasteiger partial charge is 0.217 e. The zero-order chi connectivity index (χ0) is 11.6. The Kier molecular flexibility index (Phi) is 4.00. The first-order valence-corrected chi connectivity index (χ1v) is 4.55. The van der Waals surface area contributed by atoms with E-state index in [0.717, 1.165) is 0 Å². The molecule has 1 unspecified atom stereocenters. The van der Waals surface area contributed by atoms with Gasteiger partial charge in [-0.3, -0.25) is 4.79 Å². The summed E-state index contributed by atoms with van der Waals surface area (Å²) >= 11 is 0. The van der Waals surface area contributed by atoms with E-state index in [4.69, 9.17) is 9.84 Å². The number of ether oxygens (including phenoxy) is 1. The Balaban J connectivity index is 2.70. The number of nitrogens with one attached hydrogen (secondary N) is 1. The second kappa shape index (κ2) is 4.86. The van der Waals surface area contributed by atoms with Crippen molar-refractivity contribution in [3.8, 4) is 0 Å². The minimum atomic E-state index is -1.45. The monoisotopic (exact) mass is 221 g/mol. The Hall–Kier alpha value is -0.730. The number of carbonyl (C=O) groups excluding carboxylic acids is 1. The van der Waals surface area contributed by atoms with E-state index in [1.807, 2.05) is 0 Å². The molecular weight excluding hydrogens is 206 g/mol. The highest BCUT2D eigenvalue weighted by Gasteiger charge is 2.43. The zero-order valence-electron chi connectivity index (χ0n) is 8.20. The highest BCUT2D eigenvalue weighted by molar-refractivity contribution is 5.73. The molecule has 0 saturated carbocycles. The fraction of sp³-hybridized carbons (Fsp3) is 0.875. The molecule has 0 bridgehead atoms. The summed E-state index contributed by atoms with van der Waals surface area (Å²) in [5.74, 6) is -0.462. The van der Waals surface area contributed by atoms with Crippen LogP contribution in [-0.2, 0) is 9.53 Å². The standard InChI is InChI=1S/C8H15NO6/c1-3(11)9-5-7(13)6(12)4(2-10)15-8(5)14/h4-8,10,12-14H,2H2,1H3,(H,9,11)/t4?,5-,6-,7+,8+/m0/s1. The molecule has 7 nitrogen and oxygen atoms in total. The Morgan fingerprint density at radius 3 is 2.40 bits per heavy atom. The molecule has 15 heavy (non-hydrogen) atoms. The van der Waals surface area contributed by atoms with Gasteiger partial charge >= 0.3 is 0 Å². The molecule has 0 aliphatic carbocycles. The maximum atomic E-state index is 10.7. The van der Waals surface area contributed by atoms with Crippen molar-refractivity contribution < 1.29 is 30.0 Å². The Morgan fingerprint density at radius 2 is 1.93 bits per heavy atom. The second-order valence-corrected chi connectivity index (χ2v) is 3.46. The van der Waals surface area contributed by atoms with Crippen LogP contribution in [0.1, 0.15) is 6.92 Å². The number of carbonyl (C=O) groups is 1. The molecular formula is C8H15NO6. The lowest BCUT2D eigenvalue weighted by Crippen LogP contribution is -2.63. The van der Waals surface area contributed by atoms with Crippen LogP contribution in [0.2, 0.25) is 0 Å². The van der Waals surface area contributed by atoms with Crippen LogP contribution in [0, 0.1) is 0 Å². The van der Waals surface area contributed by atoms with E-state index in [1.54, 1.807) is 0 Å². The largest absolute Gasteiger partial charge is 0.394 e. The van der Waals surface area contributed by atoms with Crippen molar-refractivity contribution in [2.24, 2.45) is 0 Å². The van der Waals surface area contributed by atoms with Crippen molar-refractivity contribution in [3.63, 3.8) is 0 Å². The van der Waals surface area contributed by atoms with Crippen LogP contribution in [0.25, 0.3) is 0 Å². The number of rotatable bonds is 2. The van der Waals surface area contributed by atoms with E-state index in [-0.39, 0.29) is 0 Å². The summed E-state index contributed by atoms with van der Waals surface area (Å²) in [5, 5.41) is 39.4. The van der Waals surface area contributed by atoms with Crippen LogP contribution in [0.15, 0.2) is 0 Å². The molecule has 5 atom stereocenters. The summed E-state index contributed by atoms with van der Waals surface area (Å²) in [7, 11) is 0. The lowest BCUT2D eigenvalue weighted by atomic mass is 9.97. The molecule has 1 saturated heterocycles. The van der Waals surface area contributed by atoms with E-state index < -0.39 is 43.2 Å². The van der Waals surface area contributed by atoms with Crippen LogP contribution in [-0.4, -0.2) is 63.6 Å². The molecule has 1 fully saturated rings. The Labute approximate surface area is 86.3 Å². The van der Waals surface area contributed by atoms with Gasteiger partial charge in [0.15, 0.2) is 6.29 Å². The Bertz CT molecular complexity index is 235. The van der Waals surface area contributed by atoms with Gasteiger partial charge in [-0.05, 0) is 0 Å². The molecule has 1 rings (SSSR count). The lowest BCUT2D eigenvalue weighted by molar-refractivity contribution is -0.253. The van der Waals surface area contributed by atoms with Crippen molar-refractivity contribution in [1.29, 1.82) is 0 Å². The first-order chi connectivity index (χ1) is 6.97. The third-order valence-corrected chi connectivity index (χ3v) is 2.27. The molecule has 1 aliphatic heterocycles. The number of hydrogen-bond acceptors (Lipinski definition) is 6. The molecule has 0 aromatic rings. The van der Waals surface area contributed by atoms with Crippen molar-refractivity contribution in [3.05, 3.63) is 0 Å². The number of aliphatic hydroxyl groups excluding tert-OH is 4. The van der Waals surface area contributed by atoms with Gasteiger partial charge < -0.3 is 30.5 Å². The quantitative estimate of drug-likeness (QED) is 0.337. The minimum Gasteiger partial charge on any atom is -0.394 e. The van der Waals surface area contributed by atoms with E-state index >= 15 is 0 Å². The van der Waals surface area contributed by atoms with Gasteiger partial charge in [-0.2, -0.15) is 0 Å². The fourth-order valence-electron chi connectivity index (χ4n) is 1.49. The van der Waals surface area contributed by atoms with Crippen LogP contribution in [0.3, 0.4) is 0 Å². The fourth-order valence-corrected chi connectivity index (χ4v) is 1.49. The molecule has 1 amide bonds. The summed E-state index contributed by atoms with van der Waals surface area (Å²) in [6.45, 7) is 0.687. The summed E-state index contributed by atoms with van der Waals surface area (Å²) in [6.07, 6.45) is -5.24. The third-order valence-electron chi connectivity index (χ3n) is 2.27. The zero-order valence-corrected chi connectivity index (χ0v) is 8.20. The van der Waals surface area contributed by atoms with Gasteiger partial charge in [0, 0.05) is 6.92 Å². The maximum Gasteiger partial charge on any atom is 0.217 e. The van der Waals surface area contributed by atoms with Crippen molar-refractivity contribution in [1.82, 2.24) is 5.32 Å². The molecule has 0 radical (unpaired) electrons. The summed E-state index contributed by atoms with van der Waals surface area (Å²) in [6, 6.07) is -1.10. The SMILES string of the molecule is CC(=O)N[C@H]1[C@@H](O)[C@@H](O)C(CO)O[C@H]1O. The van der Waals surface area contributed by atoms with E-state index in [2.05, 4.69) is 5.32 Å². The van der Waals surface area contributed by atoms with Gasteiger partial charge in [0.25, 0.3) is 0 Å². The van der Waals surface area contributed by atoms with E-state index in [1.165, 1.54) is 6.92 Å². The average Bonchev–Trinajstić information content (AvgIpc) is 2.18. The second-order valence-electron chi connectivity index (χ2n) is 3.46. The molecule has 88 valence electrons. The van der Waals surface area contributed by atoms with Crippen molar-refractivity contribution >= 4 is 5.91 Å². The highest BCUT2D eigenvalue weighted by Crippen LogP contribution is 2.19. The maximum absolute atomic E-state index is 10.7. The first kappa shape index (κ1) is 12.3. The summed E-state index contributed by atoms with van der Waals surface area (Å²) in [5.41, 5.74) is 0. The van der Waals surface area contributed by atoms with Gasteiger partial charge in [0.1, 0.15) is 24.4 Å². The average molecular weight is 221 g/mol. The topological polar surface area (TPSA) is 119 Å². The summed E-state index contributed by atoms with van der Waals surface area (Å²) < 4.78 is 4.81. The van der Waals surface area contributed by atoms with Crippen LogP contribution in [0.5, 0.6) is 0 Å². The van der Waals surface area contributed by atoms with Gasteiger partial charge in [-0.15, -0.1) is 0 Å². The van der Waals surface area contributed by atoms with E-state index in [9.17, 15) is 20.1 Å². The predicted octanol–water partition coefficient (Wildman–Crippen LogP) is -3.08. The van der Waals surface area contributed by atoms with Crippen molar-refractivity contribution in [2.45, 2.75) is 37.6 Å². The molecule has 7 heteroatoms.